The van der Waals surface area contributed by atoms with E-state index in [1.165, 1.54) is 0 Å². The van der Waals surface area contributed by atoms with Crippen molar-refractivity contribution in [1.29, 1.82) is 0 Å². The van der Waals surface area contributed by atoms with E-state index in [4.69, 9.17) is 0 Å². The molecule has 0 amide bonds. The highest BCUT2D eigenvalue weighted by molar-refractivity contribution is 4.98. The van der Waals surface area contributed by atoms with Gasteiger partial charge >= 0.3 is 0 Å². The fourth-order valence-corrected chi connectivity index (χ4v) is 2.61. The molecule has 1 aliphatic heterocycles. The zero-order valence-corrected chi connectivity index (χ0v) is 9.30. The second-order valence-electron chi connectivity index (χ2n) is 4.61. The topological polar surface area (TPSA) is 151 Å². The lowest BCUT2D eigenvalue weighted by atomic mass is 9.82. The Kier molecular flexibility index (Phi) is 3.43. The van der Waals surface area contributed by atoms with Crippen molar-refractivity contribution in [3.05, 3.63) is 20.2 Å². The highest BCUT2D eigenvalue weighted by Gasteiger charge is 2.52. The molecule has 1 saturated carbocycles. The summed E-state index contributed by atoms with van der Waals surface area (Å²) in [6, 6.07) is -3.49. The van der Waals surface area contributed by atoms with Crippen molar-refractivity contribution in [2.75, 3.05) is 0 Å². The van der Waals surface area contributed by atoms with E-state index in [1.54, 1.807) is 0 Å². The lowest BCUT2D eigenvalue weighted by Crippen LogP contribution is -2.70. The third-order valence-corrected chi connectivity index (χ3v) is 3.53. The zero-order chi connectivity index (χ0) is 13.4. The molecule has 1 saturated heterocycles. The molecule has 0 aromatic heterocycles. The first-order chi connectivity index (χ1) is 8.40. The molecule has 0 spiro atoms. The Labute approximate surface area is 101 Å². The smallest absolute Gasteiger partial charge is 0.280 e. The van der Waals surface area contributed by atoms with Gasteiger partial charge in [0.1, 0.15) is 12.5 Å². The maximum atomic E-state index is 10.8. The van der Waals surface area contributed by atoms with Crippen molar-refractivity contribution < 1.29 is 20.1 Å². The van der Waals surface area contributed by atoms with Crippen LogP contribution in [0.25, 0.3) is 0 Å². The molecule has 0 radical (unpaired) electrons. The van der Waals surface area contributed by atoms with Crippen LogP contribution in [0.1, 0.15) is 12.8 Å². The predicted octanol–water partition coefficient (Wildman–Crippen LogP) is -2.36. The molecule has 2 fully saturated rings. The average molecular weight is 262 g/mol. The largest absolute Gasteiger partial charge is 0.374 e. The van der Waals surface area contributed by atoms with Crippen LogP contribution in [0.4, 0.5) is 0 Å². The predicted molar refractivity (Wildman–Crippen MR) is 56.7 cm³/mol. The minimum absolute atomic E-state index is 0.0555. The van der Waals surface area contributed by atoms with Crippen molar-refractivity contribution >= 4 is 0 Å². The van der Waals surface area contributed by atoms with Gasteiger partial charge in [0.2, 0.25) is 0 Å². The van der Waals surface area contributed by atoms with Gasteiger partial charge in [0.25, 0.3) is 12.1 Å². The van der Waals surface area contributed by atoms with E-state index in [9.17, 15) is 30.4 Å². The van der Waals surface area contributed by atoms with Crippen molar-refractivity contribution in [3.63, 3.8) is 0 Å². The summed E-state index contributed by atoms with van der Waals surface area (Å²) in [5, 5.41) is 45.7. The summed E-state index contributed by atoms with van der Waals surface area (Å²) >= 11 is 0. The normalized spacial score (nSPS) is 44.1. The van der Waals surface area contributed by atoms with Crippen LogP contribution in [-0.2, 0) is 0 Å². The number of aliphatic hydroxyl groups excluding tert-OH is 2. The highest BCUT2D eigenvalue weighted by Crippen LogP contribution is 2.26. The number of fused-ring (bicyclic) bond motifs is 1. The summed E-state index contributed by atoms with van der Waals surface area (Å²) in [6.07, 6.45) is -2.57. The van der Waals surface area contributed by atoms with E-state index in [1.807, 2.05) is 0 Å². The van der Waals surface area contributed by atoms with Gasteiger partial charge in [-0.1, -0.05) is 0 Å². The van der Waals surface area contributed by atoms with Crippen LogP contribution >= 0.6 is 0 Å². The van der Waals surface area contributed by atoms with E-state index in [-0.39, 0.29) is 12.8 Å². The van der Waals surface area contributed by atoms with E-state index < -0.39 is 46.5 Å². The molecule has 0 aromatic carbocycles. The third-order valence-electron chi connectivity index (χ3n) is 3.53. The van der Waals surface area contributed by atoms with Gasteiger partial charge < -0.3 is 10.2 Å². The van der Waals surface area contributed by atoms with Crippen LogP contribution in [0.5, 0.6) is 0 Å². The summed E-state index contributed by atoms with van der Waals surface area (Å²) in [5.41, 5.74) is 0. The lowest BCUT2D eigenvalue weighted by Gasteiger charge is -2.42. The molecule has 18 heavy (non-hydrogen) atoms. The third kappa shape index (κ3) is 2.27. The van der Waals surface area contributed by atoms with Crippen molar-refractivity contribution in [3.8, 4) is 0 Å². The van der Waals surface area contributed by atoms with Crippen LogP contribution < -0.4 is 10.6 Å². The van der Waals surface area contributed by atoms with Gasteiger partial charge in [-0.3, -0.25) is 30.9 Å². The molecule has 0 bridgehead atoms. The molecule has 10 heteroatoms. The minimum atomic E-state index is -1.28. The van der Waals surface area contributed by atoms with Gasteiger partial charge in [-0.2, -0.15) is 0 Å². The van der Waals surface area contributed by atoms with Gasteiger partial charge in [-0.25, -0.2) is 0 Å². The van der Waals surface area contributed by atoms with Crippen LogP contribution in [0.15, 0.2) is 0 Å². The molecule has 102 valence electrons. The number of rotatable bonds is 2. The van der Waals surface area contributed by atoms with Gasteiger partial charge in [-0.05, 0) is 0 Å². The Balaban J connectivity index is 2.15. The summed E-state index contributed by atoms with van der Waals surface area (Å²) in [4.78, 5) is 20.4. The van der Waals surface area contributed by atoms with Gasteiger partial charge in [-0.15, -0.1) is 0 Å². The van der Waals surface area contributed by atoms with Gasteiger partial charge in [0.05, 0.1) is 0 Å². The fraction of sp³-hybridized carbons (Fsp3) is 1.00. The van der Waals surface area contributed by atoms with Gasteiger partial charge in [0, 0.05) is 34.8 Å². The highest BCUT2D eigenvalue weighted by atomic mass is 16.6. The first-order valence-electron chi connectivity index (χ1n) is 5.55. The Morgan fingerprint density at radius 2 is 1.22 bits per heavy atom. The monoisotopic (exact) mass is 262 g/mol. The Bertz CT molecular complexity index is 331. The molecule has 6 atom stereocenters. The maximum Gasteiger partial charge on any atom is 0.280 e. The van der Waals surface area contributed by atoms with Crippen molar-refractivity contribution in [2.24, 2.45) is 0 Å². The Morgan fingerprint density at radius 1 is 0.889 bits per heavy atom. The number of nitrogens with zero attached hydrogens (tertiary/aromatic N) is 2. The molecule has 0 aromatic rings. The maximum absolute atomic E-state index is 10.8. The summed E-state index contributed by atoms with van der Waals surface area (Å²) in [7, 11) is 0. The molecule has 10 nitrogen and oxygen atoms in total. The second kappa shape index (κ2) is 4.72. The van der Waals surface area contributed by atoms with Crippen LogP contribution in [0.2, 0.25) is 0 Å². The average Bonchev–Trinajstić information content (AvgIpc) is 2.28. The standard InChI is InChI=1S/C8H14N4O6/c13-7-8(14)10-4-2-6(12(17)18)5(11(15)16)1-3(4)9-7/h3-10,13-14H,1-2H2. The van der Waals surface area contributed by atoms with Crippen molar-refractivity contribution in [2.45, 2.75) is 49.5 Å². The molecule has 2 rings (SSSR count). The number of aliphatic hydroxyl groups is 2. The van der Waals surface area contributed by atoms with E-state index in [0.717, 1.165) is 0 Å². The summed E-state index contributed by atoms with van der Waals surface area (Å²) < 4.78 is 0. The molecular formula is C8H14N4O6. The number of piperazine rings is 1. The van der Waals surface area contributed by atoms with E-state index >= 15 is 0 Å². The molecule has 1 aliphatic carbocycles. The Morgan fingerprint density at radius 3 is 1.50 bits per heavy atom. The van der Waals surface area contributed by atoms with E-state index in [0.29, 0.717) is 0 Å². The number of nitrogens with one attached hydrogen (secondary N) is 2. The molecule has 1 heterocycles. The molecular weight excluding hydrogens is 248 g/mol. The van der Waals surface area contributed by atoms with Crippen LogP contribution in [-0.4, -0.2) is 56.7 Å². The fourth-order valence-electron chi connectivity index (χ4n) is 2.61. The molecule has 6 unspecified atom stereocenters. The van der Waals surface area contributed by atoms with Gasteiger partial charge in [0.15, 0.2) is 0 Å². The summed E-state index contributed by atoms with van der Waals surface area (Å²) in [5.74, 6) is 0. The number of hydrogen-bond donors (Lipinski definition) is 4. The first-order valence-corrected chi connectivity index (χ1v) is 5.55. The Hall–Kier alpha value is -1.36. The molecule has 4 N–H and O–H groups in total. The van der Waals surface area contributed by atoms with Crippen molar-refractivity contribution in [1.82, 2.24) is 10.6 Å². The quantitative estimate of drug-likeness (QED) is 0.318. The lowest BCUT2D eigenvalue weighted by molar-refractivity contribution is -0.623. The summed E-state index contributed by atoms with van der Waals surface area (Å²) in [6.45, 7) is 0. The number of nitro groups is 2. The van der Waals surface area contributed by atoms with Crippen LogP contribution in [0.3, 0.4) is 0 Å². The zero-order valence-electron chi connectivity index (χ0n) is 9.30. The minimum Gasteiger partial charge on any atom is -0.374 e. The molecule has 2 aliphatic rings. The SMILES string of the molecule is O=[N+]([O-])C1CC2NC(O)C(O)NC2CC1[N+](=O)[O-]. The first kappa shape index (κ1) is 13.1. The van der Waals surface area contributed by atoms with E-state index in [2.05, 4.69) is 10.6 Å². The number of hydrogen-bond acceptors (Lipinski definition) is 8. The second-order valence-corrected chi connectivity index (χ2v) is 4.61. The van der Waals surface area contributed by atoms with Crippen LogP contribution in [0, 0.1) is 20.2 Å².